The van der Waals surface area contributed by atoms with Crippen LogP contribution in [0.4, 0.5) is 0 Å². The molecule has 1 aliphatic heterocycles. The molecule has 2 N–H and O–H groups in total. The Bertz CT molecular complexity index is 268. The first kappa shape index (κ1) is 18.8. The zero-order valence-electron chi connectivity index (χ0n) is 14.4. The number of methoxy groups -OCH3 is 2. The second kappa shape index (κ2) is 9.74. The summed E-state index contributed by atoms with van der Waals surface area (Å²) in [7, 11) is 3.53. The van der Waals surface area contributed by atoms with Gasteiger partial charge in [-0.2, -0.15) is 0 Å². The van der Waals surface area contributed by atoms with Crippen LogP contribution < -0.4 is 5.73 Å². The van der Waals surface area contributed by atoms with Crippen LogP contribution in [0.1, 0.15) is 33.1 Å². The van der Waals surface area contributed by atoms with Crippen LogP contribution in [0.3, 0.4) is 0 Å². The summed E-state index contributed by atoms with van der Waals surface area (Å²) in [6.45, 7) is 11.1. The maximum Gasteiger partial charge on any atom is 0.0615 e. The molecular formula is C16H35N3O2. The standard InChI is InChI=1S/C16H35N3O2/c1-5-8-18-9-6-16(14-17,7-10-18)19(11-12-20-3)15(2)13-21-4/h15H,5-14,17H2,1-4H3. The molecule has 1 fully saturated rings. The first-order valence-electron chi connectivity index (χ1n) is 8.30. The third-order valence-corrected chi connectivity index (χ3v) is 4.79. The minimum atomic E-state index is 0.0979. The molecule has 0 amide bonds. The number of piperidine rings is 1. The molecular weight excluding hydrogens is 266 g/mol. The molecule has 0 spiro atoms. The normalized spacial score (nSPS) is 20.9. The van der Waals surface area contributed by atoms with Gasteiger partial charge in [0.05, 0.1) is 13.2 Å². The first-order valence-corrected chi connectivity index (χ1v) is 8.30. The highest BCUT2D eigenvalue weighted by Gasteiger charge is 2.40. The van der Waals surface area contributed by atoms with E-state index in [-0.39, 0.29) is 5.54 Å². The molecule has 1 rings (SSSR count). The molecule has 0 aromatic heterocycles. The van der Waals surface area contributed by atoms with E-state index in [0.717, 1.165) is 45.7 Å². The van der Waals surface area contributed by atoms with Crippen molar-refractivity contribution in [3.05, 3.63) is 0 Å². The Balaban J connectivity index is 2.75. The van der Waals surface area contributed by atoms with E-state index in [2.05, 4.69) is 23.6 Å². The molecule has 0 aromatic carbocycles. The van der Waals surface area contributed by atoms with E-state index in [1.54, 1.807) is 14.2 Å². The number of hydrogen-bond acceptors (Lipinski definition) is 5. The van der Waals surface area contributed by atoms with Gasteiger partial charge in [0.15, 0.2) is 0 Å². The van der Waals surface area contributed by atoms with Crippen LogP contribution >= 0.6 is 0 Å². The van der Waals surface area contributed by atoms with Gasteiger partial charge in [0.2, 0.25) is 0 Å². The Morgan fingerprint density at radius 2 is 1.90 bits per heavy atom. The molecule has 1 unspecified atom stereocenters. The Labute approximate surface area is 130 Å². The molecule has 0 radical (unpaired) electrons. The van der Waals surface area contributed by atoms with Crippen molar-refractivity contribution < 1.29 is 9.47 Å². The van der Waals surface area contributed by atoms with Crippen molar-refractivity contribution in [1.82, 2.24) is 9.80 Å². The number of nitrogens with two attached hydrogens (primary N) is 1. The summed E-state index contributed by atoms with van der Waals surface area (Å²) in [6.07, 6.45) is 3.51. The van der Waals surface area contributed by atoms with E-state index in [4.69, 9.17) is 15.2 Å². The van der Waals surface area contributed by atoms with Gasteiger partial charge in [-0.05, 0) is 45.8 Å². The monoisotopic (exact) mass is 301 g/mol. The van der Waals surface area contributed by atoms with Crippen LogP contribution in [-0.4, -0.2) is 81.5 Å². The largest absolute Gasteiger partial charge is 0.383 e. The lowest BCUT2D eigenvalue weighted by Crippen LogP contribution is -2.63. The van der Waals surface area contributed by atoms with Crippen molar-refractivity contribution in [3.63, 3.8) is 0 Å². The van der Waals surface area contributed by atoms with Crippen LogP contribution in [0.15, 0.2) is 0 Å². The minimum Gasteiger partial charge on any atom is -0.383 e. The van der Waals surface area contributed by atoms with Gasteiger partial charge in [0, 0.05) is 38.9 Å². The van der Waals surface area contributed by atoms with Crippen LogP contribution in [-0.2, 0) is 9.47 Å². The molecule has 1 heterocycles. The molecule has 0 bridgehead atoms. The van der Waals surface area contributed by atoms with E-state index in [1.807, 2.05) is 0 Å². The minimum absolute atomic E-state index is 0.0979. The highest BCUT2D eigenvalue weighted by molar-refractivity contribution is 4.98. The van der Waals surface area contributed by atoms with Gasteiger partial charge in [-0.25, -0.2) is 0 Å². The van der Waals surface area contributed by atoms with Crippen molar-refractivity contribution in [2.45, 2.75) is 44.7 Å². The van der Waals surface area contributed by atoms with E-state index in [0.29, 0.717) is 12.6 Å². The average molecular weight is 301 g/mol. The molecule has 5 nitrogen and oxygen atoms in total. The van der Waals surface area contributed by atoms with Gasteiger partial charge in [-0.15, -0.1) is 0 Å². The summed E-state index contributed by atoms with van der Waals surface area (Å²) in [5, 5.41) is 0. The molecule has 0 saturated carbocycles. The molecule has 21 heavy (non-hydrogen) atoms. The Kier molecular flexibility index (Phi) is 8.74. The molecule has 1 atom stereocenters. The predicted octanol–water partition coefficient (Wildman–Crippen LogP) is 1.17. The van der Waals surface area contributed by atoms with Gasteiger partial charge in [0.1, 0.15) is 0 Å². The van der Waals surface area contributed by atoms with E-state index in [9.17, 15) is 0 Å². The maximum atomic E-state index is 6.22. The van der Waals surface area contributed by atoms with Gasteiger partial charge < -0.3 is 20.1 Å². The van der Waals surface area contributed by atoms with Crippen molar-refractivity contribution in [2.75, 3.05) is 60.2 Å². The summed E-state index contributed by atoms with van der Waals surface area (Å²) < 4.78 is 10.7. The first-order chi connectivity index (χ1) is 10.1. The van der Waals surface area contributed by atoms with Crippen LogP contribution in [0.25, 0.3) is 0 Å². The van der Waals surface area contributed by atoms with Crippen LogP contribution in [0.5, 0.6) is 0 Å². The maximum absolute atomic E-state index is 6.22. The molecule has 5 heteroatoms. The van der Waals surface area contributed by atoms with Crippen LogP contribution in [0.2, 0.25) is 0 Å². The molecule has 0 aliphatic carbocycles. The van der Waals surface area contributed by atoms with Crippen molar-refractivity contribution in [2.24, 2.45) is 5.73 Å². The lowest BCUT2D eigenvalue weighted by atomic mass is 9.84. The fourth-order valence-corrected chi connectivity index (χ4v) is 3.56. The van der Waals surface area contributed by atoms with E-state index < -0.39 is 0 Å². The second-order valence-corrected chi connectivity index (χ2v) is 6.26. The van der Waals surface area contributed by atoms with Gasteiger partial charge in [-0.1, -0.05) is 6.92 Å². The summed E-state index contributed by atoms with van der Waals surface area (Å²) >= 11 is 0. The lowest BCUT2D eigenvalue weighted by Gasteiger charge is -2.50. The van der Waals surface area contributed by atoms with Gasteiger partial charge in [0.25, 0.3) is 0 Å². The summed E-state index contributed by atoms with van der Waals surface area (Å²) in [5.41, 5.74) is 6.32. The predicted molar refractivity (Wildman–Crippen MR) is 87.7 cm³/mol. The van der Waals surface area contributed by atoms with Crippen molar-refractivity contribution in [1.29, 1.82) is 0 Å². The van der Waals surface area contributed by atoms with E-state index >= 15 is 0 Å². The number of ether oxygens (including phenoxy) is 2. The van der Waals surface area contributed by atoms with Gasteiger partial charge in [-0.3, -0.25) is 4.90 Å². The van der Waals surface area contributed by atoms with E-state index in [1.165, 1.54) is 13.0 Å². The third kappa shape index (κ3) is 5.18. The molecule has 1 saturated heterocycles. The Morgan fingerprint density at radius 3 is 2.38 bits per heavy atom. The molecule has 126 valence electrons. The zero-order valence-corrected chi connectivity index (χ0v) is 14.4. The molecule has 1 aliphatic rings. The van der Waals surface area contributed by atoms with Crippen LogP contribution in [0, 0.1) is 0 Å². The summed E-state index contributed by atoms with van der Waals surface area (Å²) in [5.74, 6) is 0. The number of rotatable bonds is 10. The Hall–Kier alpha value is -0.200. The SMILES string of the molecule is CCCN1CCC(CN)(N(CCOC)C(C)COC)CC1. The second-order valence-electron chi connectivity index (χ2n) is 6.26. The van der Waals surface area contributed by atoms with Crippen molar-refractivity contribution in [3.8, 4) is 0 Å². The molecule has 0 aromatic rings. The smallest absolute Gasteiger partial charge is 0.0615 e. The fraction of sp³-hybridized carbons (Fsp3) is 1.00. The lowest BCUT2D eigenvalue weighted by molar-refractivity contribution is -0.0321. The average Bonchev–Trinajstić information content (AvgIpc) is 2.50. The summed E-state index contributed by atoms with van der Waals surface area (Å²) in [4.78, 5) is 5.09. The number of likely N-dealkylation sites (tertiary alicyclic amines) is 1. The number of hydrogen-bond donors (Lipinski definition) is 1. The zero-order chi connectivity index (χ0) is 15.7. The quantitative estimate of drug-likeness (QED) is 0.656. The highest BCUT2D eigenvalue weighted by atomic mass is 16.5. The summed E-state index contributed by atoms with van der Waals surface area (Å²) in [6, 6.07) is 0.367. The van der Waals surface area contributed by atoms with Gasteiger partial charge >= 0.3 is 0 Å². The highest BCUT2D eigenvalue weighted by Crippen LogP contribution is 2.30. The fourth-order valence-electron chi connectivity index (χ4n) is 3.56. The third-order valence-electron chi connectivity index (χ3n) is 4.79. The number of nitrogens with zero attached hydrogens (tertiary/aromatic N) is 2. The van der Waals surface area contributed by atoms with Crippen molar-refractivity contribution >= 4 is 0 Å². The Morgan fingerprint density at radius 1 is 1.24 bits per heavy atom. The topological polar surface area (TPSA) is 51.0 Å².